The molecule has 4 heteroatoms. The first-order valence-corrected chi connectivity index (χ1v) is 9.06. The second-order valence-corrected chi connectivity index (χ2v) is 6.61. The number of para-hydroxylation sites is 1. The topological polar surface area (TPSA) is 46.3 Å². The van der Waals surface area contributed by atoms with Gasteiger partial charge in [0, 0.05) is 18.5 Å². The van der Waals surface area contributed by atoms with Crippen LogP contribution in [-0.2, 0) is 0 Å². The van der Waals surface area contributed by atoms with Gasteiger partial charge in [-0.25, -0.2) is 4.98 Å². The molecule has 0 spiro atoms. The van der Waals surface area contributed by atoms with Crippen molar-refractivity contribution >= 4 is 16.8 Å². The average Bonchev–Trinajstić information content (AvgIpc) is 3.15. The number of rotatable bonds is 2. The van der Waals surface area contributed by atoms with Crippen molar-refractivity contribution in [1.29, 1.82) is 0 Å². The van der Waals surface area contributed by atoms with Gasteiger partial charge < -0.3 is 9.32 Å². The van der Waals surface area contributed by atoms with Gasteiger partial charge in [0.25, 0.3) is 5.91 Å². The number of fused-ring (bicyclic) bond motifs is 1. The Bertz CT molecular complexity index is 863. The number of carbonyl (C=O) groups is 1. The van der Waals surface area contributed by atoms with Crippen molar-refractivity contribution in [3.8, 4) is 11.5 Å². The van der Waals surface area contributed by atoms with E-state index in [4.69, 9.17) is 4.42 Å². The molecule has 3 heterocycles. The number of likely N-dealkylation sites (tertiary alicyclic amines) is 1. The van der Waals surface area contributed by atoms with Crippen LogP contribution in [0.1, 0.15) is 42.5 Å². The van der Waals surface area contributed by atoms with Gasteiger partial charge in [-0.1, -0.05) is 37.5 Å². The second-order valence-electron chi connectivity index (χ2n) is 6.61. The number of amides is 1. The van der Waals surface area contributed by atoms with Gasteiger partial charge in [0.15, 0.2) is 5.76 Å². The Morgan fingerprint density at radius 2 is 1.72 bits per heavy atom. The lowest BCUT2D eigenvalue weighted by Crippen LogP contribution is -2.34. The van der Waals surface area contributed by atoms with Gasteiger partial charge in [-0.05, 0) is 37.1 Å². The number of hydrogen-bond donors (Lipinski definition) is 0. The SMILES string of the molecule is O=C(c1cc(-c2ccco2)nc2ccccc12)N1CCCCCCC1. The number of benzene rings is 1. The number of nitrogens with zero attached hydrogens (tertiary/aromatic N) is 2. The third kappa shape index (κ3) is 3.29. The molecule has 0 unspecified atom stereocenters. The maximum atomic E-state index is 13.3. The molecular weight excluding hydrogens is 312 g/mol. The summed E-state index contributed by atoms with van der Waals surface area (Å²) < 4.78 is 5.50. The Morgan fingerprint density at radius 1 is 0.960 bits per heavy atom. The fraction of sp³-hybridized carbons (Fsp3) is 0.333. The van der Waals surface area contributed by atoms with E-state index in [1.165, 1.54) is 19.3 Å². The van der Waals surface area contributed by atoms with Crippen molar-refractivity contribution in [2.75, 3.05) is 13.1 Å². The molecule has 2 aromatic heterocycles. The first-order chi connectivity index (χ1) is 12.3. The molecule has 3 aromatic rings. The molecule has 4 nitrogen and oxygen atoms in total. The minimum absolute atomic E-state index is 0.105. The lowest BCUT2D eigenvalue weighted by molar-refractivity contribution is 0.0744. The Kier molecular flexibility index (Phi) is 4.51. The molecule has 1 saturated heterocycles. The van der Waals surface area contributed by atoms with E-state index in [2.05, 4.69) is 4.98 Å². The maximum Gasteiger partial charge on any atom is 0.254 e. The summed E-state index contributed by atoms with van der Waals surface area (Å²) in [7, 11) is 0. The van der Waals surface area contributed by atoms with Gasteiger partial charge in [0.1, 0.15) is 5.69 Å². The van der Waals surface area contributed by atoms with Crippen molar-refractivity contribution in [3.05, 3.63) is 54.3 Å². The zero-order valence-electron chi connectivity index (χ0n) is 14.3. The standard InChI is InChI=1S/C21H22N2O2/c24-21(23-12-6-2-1-3-7-13-23)17-15-19(20-11-8-14-25-20)22-18-10-5-4-9-16(17)18/h4-5,8-11,14-15H,1-3,6-7,12-13H2. The van der Waals surface area contributed by atoms with Crippen LogP contribution in [-0.4, -0.2) is 28.9 Å². The van der Waals surface area contributed by atoms with E-state index in [1.807, 2.05) is 47.4 Å². The van der Waals surface area contributed by atoms with Gasteiger partial charge in [-0.2, -0.15) is 0 Å². The summed E-state index contributed by atoms with van der Waals surface area (Å²) in [5.74, 6) is 0.792. The Balaban J connectivity index is 1.77. The first kappa shape index (κ1) is 15.9. The van der Waals surface area contributed by atoms with E-state index in [0.717, 1.165) is 42.4 Å². The first-order valence-electron chi connectivity index (χ1n) is 9.06. The molecule has 128 valence electrons. The number of hydrogen-bond acceptors (Lipinski definition) is 3. The molecule has 1 amide bonds. The van der Waals surface area contributed by atoms with Gasteiger partial charge in [0.05, 0.1) is 17.3 Å². The lowest BCUT2D eigenvalue weighted by Gasteiger charge is -2.25. The van der Waals surface area contributed by atoms with Crippen LogP contribution in [0.2, 0.25) is 0 Å². The third-order valence-electron chi connectivity index (χ3n) is 4.86. The summed E-state index contributed by atoms with van der Waals surface area (Å²) in [5, 5.41) is 0.907. The van der Waals surface area contributed by atoms with E-state index in [0.29, 0.717) is 11.5 Å². The van der Waals surface area contributed by atoms with Gasteiger partial charge in [0.2, 0.25) is 0 Å². The number of pyridine rings is 1. The van der Waals surface area contributed by atoms with E-state index in [1.54, 1.807) is 6.26 Å². The van der Waals surface area contributed by atoms with Gasteiger partial charge in [-0.15, -0.1) is 0 Å². The molecule has 0 atom stereocenters. The largest absolute Gasteiger partial charge is 0.463 e. The molecule has 4 rings (SSSR count). The molecule has 1 aliphatic rings. The summed E-state index contributed by atoms with van der Waals surface area (Å²) in [6.07, 6.45) is 7.49. The maximum absolute atomic E-state index is 13.3. The third-order valence-corrected chi connectivity index (χ3v) is 4.86. The van der Waals surface area contributed by atoms with Crippen molar-refractivity contribution in [2.45, 2.75) is 32.1 Å². The molecule has 1 aliphatic heterocycles. The molecule has 0 radical (unpaired) electrons. The zero-order valence-corrected chi connectivity index (χ0v) is 14.3. The fourth-order valence-corrected chi connectivity index (χ4v) is 3.52. The highest BCUT2D eigenvalue weighted by molar-refractivity contribution is 6.07. The zero-order chi connectivity index (χ0) is 17.1. The second kappa shape index (κ2) is 7.09. The van der Waals surface area contributed by atoms with Crippen LogP contribution in [0.4, 0.5) is 0 Å². The Morgan fingerprint density at radius 3 is 2.48 bits per heavy atom. The van der Waals surface area contributed by atoms with E-state index < -0.39 is 0 Å². The van der Waals surface area contributed by atoms with Crippen LogP contribution in [0.5, 0.6) is 0 Å². The smallest absolute Gasteiger partial charge is 0.254 e. The van der Waals surface area contributed by atoms with E-state index in [-0.39, 0.29) is 5.91 Å². The molecule has 0 bridgehead atoms. The molecule has 1 fully saturated rings. The van der Waals surface area contributed by atoms with Gasteiger partial charge >= 0.3 is 0 Å². The molecule has 25 heavy (non-hydrogen) atoms. The lowest BCUT2D eigenvalue weighted by atomic mass is 10.0. The van der Waals surface area contributed by atoms with Crippen molar-refractivity contribution in [3.63, 3.8) is 0 Å². The molecule has 1 aromatic carbocycles. The minimum Gasteiger partial charge on any atom is -0.463 e. The fourth-order valence-electron chi connectivity index (χ4n) is 3.52. The molecule has 0 aliphatic carbocycles. The average molecular weight is 334 g/mol. The highest BCUT2D eigenvalue weighted by atomic mass is 16.3. The van der Waals surface area contributed by atoms with E-state index >= 15 is 0 Å². The molecule has 0 N–H and O–H groups in total. The van der Waals surface area contributed by atoms with Crippen LogP contribution in [0.15, 0.2) is 53.1 Å². The van der Waals surface area contributed by atoms with Gasteiger partial charge in [-0.3, -0.25) is 4.79 Å². The van der Waals surface area contributed by atoms with E-state index in [9.17, 15) is 4.79 Å². The predicted octanol–water partition coefficient (Wildman–Crippen LogP) is 4.90. The minimum atomic E-state index is 0.105. The Hall–Kier alpha value is -2.62. The number of carbonyl (C=O) groups excluding carboxylic acids is 1. The monoisotopic (exact) mass is 334 g/mol. The van der Waals surface area contributed by atoms with Crippen molar-refractivity contribution < 1.29 is 9.21 Å². The molecule has 0 saturated carbocycles. The Labute approximate surface area is 147 Å². The highest BCUT2D eigenvalue weighted by Crippen LogP contribution is 2.26. The highest BCUT2D eigenvalue weighted by Gasteiger charge is 2.20. The quantitative estimate of drug-likeness (QED) is 0.669. The molecular formula is C21H22N2O2. The van der Waals surface area contributed by atoms with Crippen LogP contribution in [0, 0.1) is 0 Å². The van der Waals surface area contributed by atoms with Crippen LogP contribution < -0.4 is 0 Å². The number of furan rings is 1. The van der Waals surface area contributed by atoms with Crippen LogP contribution >= 0.6 is 0 Å². The van der Waals surface area contributed by atoms with Crippen LogP contribution in [0.3, 0.4) is 0 Å². The van der Waals surface area contributed by atoms with Crippen molar-refractivity contribution in [2.24, 2.45) is 0 Å². The summed E-state index contributed by atoms with van der Waals surface area (Å²) in [5.41, 5.74) is 2.25. The van der Waals surface area contributed by atoms with Crippen LogP contribution in [0.25, 0.3) is 22.4 Å². The normalized spacial score (nSPS) is 15.8. The number of aromatic nitrogens is 1. The van der Waals surface area contributed by atoms with Crippen molar-refractivity contribution in [1.82, 2.24) is 9.88 Å². The summed E-state index contributed by atoms with van der Waals surface area (Å²) in [4.78, 5) is 19.9. The summed E-state index contributed by atoms with van der Waals surface area (Å²) in [6.45, 7) is 1.68. The summed E-state index contributed by atoms with van der Waals surface area (Å²) >= 11 is 0. The summed E-state index contributed by atoms with van der Waals surface area (Å²) in [6, 6.07) is 13.4. The predicted molar refractivity (Wildman–Crippen MR) is 98.4 cm³/mol.